The minimum Gasteiger partial charge on any atom is -0.121 e. The van der Waals surface area contributed by atoms with E-state index in [0.29, 0.717) is 0 Å². The fraction of sp³-hybridized carbons (Fsp3) is 0.417. The quantitative estimate of drug-likeness (QED) is 0.469. The topological polar surface area (TPSA) is 0 Å². The highest BCUT2D eigenvalue weighted by Gasteiger charge is 1.68. The largest absolute Gasteiger partial charge is 0.121 e. The maximum absolute atomic E-state index is 2.96. The lowest BCUT2D eigenvalue weighted by Gasteiger charge is -1.78. The molecule has 1 rings (SSSR count). The summed E-state index contributed by atoms with van der Waals surface area (Å²) in [5, 5.41) is 0. The smallest absolute Gasteiger partial charge is 0.0162 e. The van der Waals surface area contributed by atoms with Gasteiger partial charge in [0.2, 0.25) is 0 Å². The molecule has 0 amide bonds. The minimum absolute atomic E-state index is 1.04. The molecule has 0 radical (unpaired) electrons. The molecule has 68 valence electrons. The summed E-state index contributed by atoms with van der Waals surface area (Å²) in [4.78, 5) is 0. The molecule has 0 bridgehead atoms. The van der Waals surface area contributed by atoms with Gasteiger partial charge in [-0.05, 0) is 18.6 Å². The third-order valence-electron chi connectivity index (χ3n) is 0.929. The van der Waals surface area contributed by atoms with Gasteiger partial charge in [-0.2, -0.15) is 0 Å². The van der Waals surface area contributed by atoms with Gasteiger partial charge in [0.1, 0.15) is 0 Å². The summed E-state index contributed by atoms with van der Waals surface area (Å²) in [6.07, 6.45) is 13.0. The van der Waals surface area contributed by atoms with Crippen molar-refractivity contribution >= 4 is 0 Å². The summed E-state index contributed by atoms with van der Waals surface area (Å²) in [5.74, 6) is 0. The molecular weight excluding hydrogens is 144 g/mol. The van der Waals surface area contributed by atoms with E-state index in [9.17, 15) is 0 Å². The molecule has 0 aliphatic heterocycles. The first-order valence-corrected chi connectivity index (χ1v) is 4.73. The van der Waals surface area contributed by atoms with Crippen molar-refractivity contribution in [3.05, 3.63) is 42.2 Å². The van der Waals surface area contributed by atoms with Gasteiger partial charge in [-0.3, -0.25) is 0 Å². The van der Waals surface area contributed by atoms with Gasteiger partial charge in [0.15, 0.2) is 0 Å². The number of allylic oxidation sites excluding steroid dienone is 5. The first-order valence-electron chi connectivity index (χ1n) is 4.73. The Bertz CT molecular complexity index is 148. The minimum atomic E-state index is 1.04. The lowest BCUT2D eigenvalue weighted by atomic mass is 10.3. The first-order chi connectivity index (χ1) is 6.00. The van der Waals surface area contributed by atoms with Gasteiger partial charge >= 0.3 is 0 Å². The lowest BCUT2D eigenvalue weighted by Crippen LogP contribution is -1.58. The molecule has 0 saturated carbocycles. The molecule has 0 spiro atoms. The highest BCUT2D eigenvalue weighted by molar-refractivity contribution is 5.13. The van der Waals surface area contributed by atoms with Crippen molar-refractivity contribution in [3.63, 3.8) is 0 Å². The van der Waals surface area contributed by atoms with Crippen LogP contribution < -0.4 is 0 Å². The monoisotopic (exact) mass is 164 g/mol. The third-order valence-corrected chi connectivity index (χ3v) is 0.929. The number of hydrogen-bond donors (Lipinski definition) is 0. The van der Waals surface area contributed by atoms with Gasteiger partial charge in [-0.1, -0.05) is 52.0 Å². The van der Waals surface area contributed by atoms with Gasteiger partial charge in [-0.15, -0.1) is 5.73 Å². The van der Waals surface area contributed by atoms with Crippen LogP contribution in [0.25, 0.3) is 0 Å². The van der Waals surface area contributed by atoms with Crippen LogP contribution in [0.4, 0.5) is 0 Å². The van der Waals surface area contributed by atoms with E-state index in [2.05, 4.69) is 17.9 Å². The Morgan fingerprint density at radius 2 is 1.25 bits per heavy atom. The van der Waals surface area contributed by atoms with Gasteiger partial charge in [-0.25, -0.2) is 0 Å². The van der Waals surface area contributed by atoms with E-state index >= 15 is 0 Å². The molecule has 0 saturated heterocycles. The summed E-state index contributed by atoms with van der Waals surface area (Å²) in [7, 11) is 0. The Morgan fingerprint density at radius 3 is 1.67 bits per heavy atom. The van der Waals surface area contributed by atoms with E-state index in [1.807, 2.05) is 52.0 Å². The van der Waals surface area contributed by atoms with Crippen LogP contribution in [0.15, 0.2) is 42.2 Å². The average Bonchev–Trinajstić information content (AvgIpc) is 2.10. The first kappa shape index (κ1) is 13.6. The van der Waals surface area contributed by atoms with Gasteiger partial charge in [0.05, 0.1) is 0 Å². The Morgan fingerprint density at radius 1 is 0.833 bits per heavy atom. The summed E-state index contributed by atoms with van der Waals surface area (Å²) in [6.45, 7) is 8.00. The van der Waals surface area contributed by atoms with E-state index in [4.69, 9.17) is 0 Å². The van der Waals surface area contributed by atoms with Crippen molar-refractivity contribution in [2.24, 2.45) is 0 Å². The van der Waals surface area contributed by atoms with Crippen LogP contribution in [0, 0.1) is 0 Å². The van der Waals surface area contributed by atoms with Crippen molar-refractivity contribution in [1.29, 1.82) is 0 Å². The van der Waals surface area contributed by atoms with E-state index in [-0.39, 0.29) is 0 Å². The van der Waals surface area contributed by atoms with Gasteiger partial charge in [0.25, 0.3) is 0 Å². The molecule has 0 aromatic rings. The summed E-state index contributed by atoms with van der Waals surface area (Å²) >= 11 is 0. The molecule has 0 atom stereocenters. The van der Waals surface area contributed by atoms with Crippen LogP contribution in [0.1, 0.15) is 34.1 Å². The molecule has 0 aromatic heterocycles. The van der Waals surface area contributed by atoms with E-state index < -0.39 is 0 Å². The van der Waals surface area contributed by atoms with Gasteiger partial charge < -0.3 is 0 Å². The molecule has 0 aromatic carbocycles. The summed E-state index contributed by atoms with van der Waals surface area (Å²) < 4.78 is 0. The van der Waals surface area contributed by atoms with Crippen LogP contribution in [-0.2, 0) is 0 Å². The van der Waals surface area contributed by atoms with Crippen LogP contribution in [-0.4, -0.2) is 0 Å². The maximum Gasteiger partial charge on any atom is -0.0162 e. The molecule has 1 aliphatic carbocycles. The second kappa shape index (κ2) is 16.5. The molecular formula is C12H20. The Hall–Kier alpha value is -1.00. The van der Waals surface area contributed by atoms with Crippen molar-refractivity contribution < 1.29 is 0 Å². The van der Waals surface area contributed by atoms with Crippen molar-refractivity contribution in [2.45, 2.75) is 34.1 Å². The van der Waals surface area contributed by atoms with Crippen molar-refractivity contribution in [3.8, 4) is 0 Å². The zero-order chi connectivity index (χ0) is 9.66. The standard InChI is InChI=1S/C8H8.2C2H6/c1-2-4-6-8-7-5-3-1;2*1-2/h1-3,6-8H,4H2;2*1-2H3/b2-1-,8-6-;;. The van der Waals surface area contributed by atoms with Crippen LogP contribution in [0.5, 0.6) is 0 Å². The fourth-order valence-electron chi connectivity index (χ4n) is 0.538. The second-order valence-electron chi connectivity index (χ2n) is 1.59. The molecule has 0 nitrogen and oxygen atoms in total. The maximum atomic E-state index is 2.96. The predicted molar refractivity (Wildman–Crippen MR) is 58.2 cm³/mol. The highest BCUT2D eigenvalue weighted by atomic mass is 13.7. The SMILES string of the molecule is C1=C/C=C\C/C=C\C=1.CC.CC. The zero-order valence-corrected chi connectivity index (χ0v) is 8.67. The summed E-state index contributed by atoms with van der Waals surface area (Å²) in [5.41, 5.74) is 2.96. The van der Waals surface area contributed by atoms with Crippen molar-refractivity contribution in [2.75, 3.05) is 0 Å². The molecule has 1 aliphatic rings. The van der Waals surface area contributed by atoms with Crippen LogP contribution >= 0.6 is 0 Å². The number of hydrogen-bond acceptors (Lipinski definition) is 0. The number of rotatable bonds is 0. The summed E-state index contributed by atoms with van der Waals surface area (Å²) in [6, 6.07) is 0. The predicted octanol–water partition coefficient (Wildman–Crippen LogP) is 4.27. The highest BCUT2D eigenvalue weighted by Crippen LogP contribution is 1.89. The Kier molecular flexibility index (Phi) is 18.7. The molecule has 0 heterocycles. The Labute approximate surface area is 77.0 Å². The molecule has 0 N–H and O–H groups in total. The van der Waals surface area contributed by atoms with E-state index in [1.165, 1.54) is 0 Å². The molecule has 0 heteroatoms. The van der Waals surface area contributed by atoms with Gasteiger partial charge in [0, 0.05) is 0 Å². The van der Waals surface area contributed by atoms with Crippen LogP contribution in [0.2, 0.25) is 0 Å². The average molecular weight is 164 g/mol. The lowest BCUT2D eigenvalue weighted by molar-refractivity contribution is 1.39. The normalized spacial score (nSPS) is 17.0. The molecule has 12 heavy (non-hydrogen) atoms. The van der Waals surface area contributed by atoms with E-state index in [1.54, 1.807) is 0 Å². The zero-order valence-electron chi connectivity index (χ0n) is 8.67. The van der Waals surface area contributed by atoms with Crippen LogP contribution in [0.3, 0.4) is 0 Å². The second-order valence-corrected chi connectivity index (χ2v) is 1.59. The Balaban J connectivity index is 0. The van der Waals surface area contributed by atoms with E-state index in [0.717, 1.165) is 6.42 Å². The molecule has 0 unspecified atom stereocenters. The van der Waals surface area contributed by atoms with Crippen molar-refractivity contribution in [1.82, 2.24) is 0 Å². The third kappa shape index (κ3) is 11.8. The fourth-order valence-corrected chi connectivity index (χ4v) is 0.538. The molecule has 0 fully saturated rings.